The van der Waals surface area contributed by atoms with Crippen LogP contribution in [-0.4, -0.2) is 24.5 Å². The van der Waals surface area contributed by atoms with Crippen LogP contribution in [0.25, 0.3) is 0 Å². The summed E-state index contributed by atoms with van der Waals surface area (Å²) in [4.78, 5) is 1.30. The molecule has 0 aliphatic rings. The van der Waals surface area contributed by atoms with Crippen LogP contribution in [0.4, 0.5) is 0 Å². The van der Waals surface area contributed by atoms with Crippen LogP contribution in [0.15, 0.2) is 29.2 Å². The quantitative estimate of drug-likeness (QED) is 0.794. The molecule has 0 aliphatic carbocycles. The lowest BCUT2D eigenvalue weighted by Crippen LogP contribution is -2.35. The van der Waals surface area contributed by atoms with Crippen molar-refractivity contribution >= 4 is 11.8 Å². The summed E-state index contributed by atoms with van der Waals surface area (Å²) < 4.78 is 5.14. The molecule has 0 bridgehead atoms. The Morgan fingerprint density at radius 3 is 2.33 bits per heavy atom. The van der Waals surface area contributed by atoms with Crippen molar-refractivity contribution in [3.63, 3.8) is 0 Å². The maximum absolute atomic E-state index is 5.14. The van der Waals surface area contributed by atoms with Gasteiger partial charge in [0.25, 0.3) is 0 Å². The van der Waals surface area contributed by atoms with E-state index in [1.54, 1.807) is 7.11 Å². The number of rotatable bonds is 6. The second-order valence-corrected chi connectivity index (χ2v) is 7.14. The number of ether oxygens (including phenoxy) is 1. The van der Waals surface area contributed by atoms with Crippen molar-refractivity contribution in [2.75, 3.05) is 13.7 Å². The first-order valence-corrected chi connectivity index (χ1v) is 7.28. The summed E-state index contributed by atoms with van der Waals surface area (Å²) in [5.41, 5.74) is 1.49. The molecule has 3 heteroatoms. The molecule has 1 rings (SSSR count). The highest BCUT2D eigenvalue weighted by atomic mass is 32.2. The molecule has 0 spiro atoms. The van der Waals surface area contributed by atoms with E-state index in [0.29, 0.717) is 5.25 Å². The van der Waals surface area contributed by atoms with Crippen molar-refractivity contribution in [2.45, 2.75) is 49.9 Å². The summed E-state index contributed by atoms with van der Waals surface area (Å²) in [6.07, 6.45) is 0. The number of methoxy groups -OCH3 is 1. The molecule has 1 atom stereocenters. The predicted octanol–water partition coefficient (Wildman–Crippen LogP) is 3.70. The number of thioether (sulfide) groups is 1. The van der Waals surface area contributed by atoms with E-state index in [9.17, 15) is 0 Å². The molecule has 2 nitrogen and oxygen atoms in total. The van der Waals surface area contributed by atoms with Crippen LogP contribution in [0.1, 0.15) is 33.3 Å². The first-order valence-electron chi connectivity index (χ1n) is 6.40. The van der Waals surface area contributed by atoms with Crippen LogP contribution in [0, 0.1) is 0 Å². The first-order chi connectivity index (χ1) is 8.40. The summed E-state index contributed by atoms with van der Waals surface area (Å²) in [7, 11) is 1.75. The Bertz CT molecular complexity index is 343. The SMILES string of the molecule is COCC(C)Sc1ccc(CNC(C)(C)C)cc1. The highest BCUT2D eigenvalue weighted by Crippen LogP contribution is 2.23. The van der Waals surface area contributed by atoms with Gasteiger partial charge in [-0.1, -0.05) is 19.1 Å². The third-order valence-electron chi connectivity index (χ3n) is 2.48. The number of hydrogen-bond acceptors (Lipinski definition) is 3. The van der Waals surface area contributed by atoms with Crippen molar-refractivity contribution in [3.8, 4) is 0 Å². The van der Waals surface area contributed by atoms with Gasteiger partial charge in [0.05, 0.1) is 6.61 Å². The van der Waals surface area contributed by atoms with Crippen LogP contribution >= 0.6 is 11.8 Å². The lowest BCUT2D eigenvalue weighted by molar-refractivity contribution is 0.203. The Hall–Kier alpha value is -0.510. The van der Waals surface area contributed by atoms with Gasteiger partial charge in [0, 0.05) is 29.3 Å². The molecular weight excluding hydrogens is 242 g/mol. The second-order valence-electron chi connectivity index (χ2n) is 5.63. The van der Waals surface area contributed by atoms with E-state index in [-0.39, 0.29) is 5.54 Å². The molecule has 1 unspecified atom stereocenters. The van der Waals surface area contributed by atoms with Gasteiger partial charge in [-0.05, 0) is 38.5 Å². The molecule has 0 radical (unpaired) electrons. The van der Waals surface area contributed by atoms with E-state index in [1.807, 2.05) is 11.8 Å². The molecule has 1 aromatic carbocycles. The molecule has 102 valence electrons. The van der Waals surface area contributed by atoms with E-state index in [1.165, 1.54) is 10.5 Å². The minimum Gasteiger partial charge on any atom is -0.384 e. The normalized spacial score (nSPS) is 13.6. The summed E-state index contributed by atoms with van der Waals surface area (Å²) >= 11 is 1.86. The van der Waals surface area contributed by atoms with Crippen molar-refractivity contribution in [2.24, 2.45) is 0 Å². The number of nitrogens with one attached hydrogen (secondary N) is 1. The first kappa shape index (κ1) is 15.5. The molecule has 0 aliphatic heterocycles. The fraction of sp³-hybridized carbons (Fsp3) is 0.600. The Balaban J connectivity index is 2.47. The van der Waals surface area contributed by atoms with Crippen molar-refractivity contribution in [1.82, 2.24) is 5.32 Å². The highest BCUT2D eigenvalue weighted by molar-refractivity contribution is 8.00. The van der Waals surface area contributed by atoms with Gasteiger partial charge in [-0.3, -0.25) is 0 Å². The summed E-state index contributed by atoms with van der Waals surface area (Å²) in [5.74, 6) is 0. The average Bonchev–Trinajstić information content (AvgIpc) is 2.27. The van der Waals surface area contributed by atoms with Crippen LogP contribution < -0.4 is 5.32 Å². The molecule has 0 saturated heterocycles. The zero-order valence-electron chi connectivity index (χ0n) is 12.1. The third kappa shape index (κ3) is 6.43. The lowest BCUT2D eigenvalue weighted by atomic mass is 10.1. The molecule has 0 saturated carbocycles. The summed E-state index contributed by atoms with van der Waals surface area (Å²) in [6.45, 7) is 10.4. The van der Waals surface area contributed by atoms with E-state index >= 15 is 0 Å². The zero-order chi connectivity index (χ0) is 13.6. The molecule has 1 N–H and O–H groups in total. The molecule has 0 heterocycles. The topological polar surface area (TPSA) is 21.3 Å². The van der Waals surface area contributed by atoms with Gasteiger partial charge in [0.1, 0.15) is 0 Å². The predicted molar refractivity (Wildman–Crippen MR) is 80.2 cm³/mol. The zero-order valence-corrected chi connectivity index (χ0v) is 12.9. The molecule has 18 heavy (non-hydrogen) atoms. The highest BCUT2D eigenvalue weighted by Gasteiger charge is 2.08. The third-order valence-corrected chi connectivity index (χ3v) is 3.57. The van der Waals surface area contributed by atoms with Gasteiger partial charge in [-0.25, -0.2) is 0 Å². The maximum atomic E-state index is 5.14. The second kappa shape index (κ2) is 7.17. The van der Waals surface area contributed by atoms with Crippen LogP contribution in [0.2, 0.25) is 0 Å². The Morgan fingerprint density at radius 1 is 1.22 bits per heavy atom. The Labute approximate surface area is 116 Å². The molecular formula is C15H25NOS. The molecule has 0 amide bonds. The fourth-order valence-electron chi connectivity index (χ4n) is 1.55. The largest absolute Gasteiger partial charge is 0.384 e. The van der Waals surface area contributed by atoms with Gasteiger partial charge < -0.3 is 10.1 Å². The van der Waals surface area contributed by atoms with E-state index in [0.717, 1.165) is 13.2 Å². The van der Waals surface area contributed by atoms with Crippen LogP contribution in [-0.2, 0) is 11.3 Å². The minimum absolute atomic E-state index is 0.167. The van der Waals surface area contributed by atoms with Crippen LogP contribution in [0.5, 0.6) is 0 Å². The van der Waals surface area contributed by atoms with Crippen molar-refractivity contribution in [1.29, 1.82) is 0 Å². The average molecular weight is 267 g/mol. The number of benzene rings is 1. The minimum atomic E-state index is 0.167. The smallest absolute Gasteiger partial charge is 0.0582 e. The van der Waals surface area contributed by atoms with Crippen molar-refractivity contribution < 1.29 is 4.74 Å². The Kier molecular flexibility index (Phi) is 6.19. The van der Waals surface area contributed by atoms with Gasteiger partial charge in [0.2, 0.25) is 0 Å². The number of hydrogen-bond donors (Lipinski definition) is 1. The van der Waals surface area contributed by atoms with Crippen molar-refractivity contribution in [3.05, 3.63) is 29.8 Å². The van der Waals surface area contributed by atoms with E-state index in [4.69, 9.17) is 4.74 Å². The monoisotopic (exact) mass is 267 g/mol. The lowest BCUT2D eigenvalue weighted by Gasteiger charge is -2.20. The van der Waals surface area contributed by atoms with Gasteiger partial charge in [-0.15, -0.1) is 11.8 Å². The molecule has 1 aromatic rings. The maximum Gasteiger partial charge on any atom is 0.0582 e. The van der Waals surface area contributed by atoms with Crippen LogP contribution in [0.3, 0.4) is 0 Å². The standard InChI is InChI=1S/C15H25NOS/c1-12(11-17-5)18-14-8-6-13(7-9-14)10-16-15(2,3)4/h6-9,12,16H,10-11H2,1-5H3. The van der Waals surface area contributed by atoms with Gasteiger partial charge in [-0.2, -0.15) is 0 Å². The van der Waals surface area contributed by atoms with E-state index < -0.39 is 0 Å². The molecule has 0 fully saturated rings. The summed E-state index contributed by atoms with van der Waals surface area (Å²) in [6, 6.07) is 8.77. The van der Waals surface area contributed by atoms with Gasteiger partial charge >= 0.3 is 0 Å². The summed E-state index contributed by atoms with van der Waals surface area (Å²) in [5, 5.41) is 3.99. The Morgan fingerprint density at radius 2 is 1.83 bits per heavy atom. The molecule has 0 aromatic heterocycles. The fourth-order valence-corrected chi connectivity index (χ4v) is 2.52. The van der Waals surface area contributed by atoms with E-state index in [2.05, 4.69) is 57.3 Å². The van der Waals surface area contributed by atoms with Gasteiger partial charge in [0.15, 0.2) is 0 Å².